The first-order valence-electron chi connectivity index (χ1n) is 5.40. The lowest BCUT2D eigenvalue weighted by molar-refractivity contribution is -0.0196. The summed E-state index contributed by atoms with van der Waals surface area (Å²) < 4.78 is 0. The fourth-order valence-corrected chi connectivity index (χ4v) is 2.72. The van der Waals surface area contributed by atoms with Gasteiger partial charge in [0.15, 0.2) is 0 Å². The molecule has 1 aliphatic carbocycles. The minimum absolute atomic E-state index is 0.397. The van der Waals surface area contributed by atoms with E-state index in [-0.39, 0.29) is 0 Å². The minimum Gasteiger partial charge on any atom is -0.392 e. The van der Waals surface area contributed by atoms with Gasteiger partial charge in [-0.2, -0.15) is 0 Å². The molecule has 0 spiro atoms. The number of fused-ring (bicyclic) bond motifs is 1. The lowest BCUT2D eigenvalue weighted by Gasteiger charge is -2.34. The average molecular weight is 181 g/mol. The van der Waals surface area contributed by atoms with Crippen molar-refractivity contribution in [3.63, 3.8) is 0 Å². The molecule has 0 aromatic carbocycles. The molecule has 2 rings (SSSR count). The largest absolute Gasteiger partial charge is 0.392 e. The Morgan fingerprint density at radius 3 is 2.85 bits per heavy atom. The van der Waals surface area contributed by atoms with Crippen LogP contribution in [-0.2, 0) is 4.84 Å². The maximum atomic E-state index is 5.53. The Bertz CT molecular complexity index is 222. The fraction of sp³-hybridized carbons (Fsp3) is 0.909. The van der Waals surface area contributed by atoms with Crippen molar-refractivity contribution in [3.05, 3.63) is 0 Å². The third kappa shape index (κ3) is 1.47. The lowest BCUT2D eigenvalue weighted by Crippen LogP contribution is -2.36. The standard InChI is InChI=1S/C11H19NO/c1-7(2)9-5-4-6-10-8(3)12-13-11(9)10/h7,9-11H,4-6H2,1-3H3. The summed E-state index contributed by atoms with van der Waals surface area (Å²) in [7, 11) is 0. The minimum atomic E-state index is 0.397. The highest BCUT2D eigenvalue weighted by molar-refractivity contribution is 5.85. The molecule has 0 amide bonds. The molecule has 0 aromatic rings. The molecule has 0 N–H and O–H groups in total. The maximum absolute atomic E-state index is 5.53. The number of hydrogen-bond acceptors (Lipinski definition) is 2. The Morgan fingerprint density at radius 2 is 2.15 bits per heavy atom. The molecule has 74 valence electrons. The third-order valence-corrected chi connectivity index (χ3v) is 3.58. The van der Waals surface area contributed by atoms with E-state index in [4.69, 9.17) is 4.84 Å². The molecule has 1 fully saturated rings. The molecule has 0 aromatic heterocycles. The smallest absolute Gasteiger partial charge is 0.138 e. The quantitative estimate of drug-likeness (QED) is 0.609. The summed E-state index contributed by atoms with van der Waals surface area (Å²) in [6, 6.07) is 0. The van der Waals surface area contributed by atoms with Crippen LogP contribution in [0, 0.1) is 17.8 Å². The van der Waals surface area contributed by atoms with E-state index in [9.17, 15) is 0 Å². The fourth-order valence-electron chi connectivity index (χ4n) is 2.72. The molecule has 3 atom stereocenters. The second-order valence-corrected chi connectivity index (χ2v) is 4.75. The molecular weight excluding hydrogens is 162 g/mol. The number of rotatable bonds is 1. The second kappa shape index (κ2) is 3.32. The summed E-state index contributed by atoms with van der Waals surface area (Å²) in [6.07, 6.45) is 4.35. The van der Waals surface area contributed by atoms with Crippen molar-refractivity contribution in [1.29, 1.82) is 0 Å². The highest BCUT2D eigenvalue weighted by atomic mass is 16.6. The van der Waals surface area contributed by atoms with Gasteiger partial charge in [-0.15, -0.1) is 0 Å². The second-order valence-electron chi connectivity index (χ2n) is 4.75. The van der Waals surface area contributed by atoms with Crippen molar-refractivity contribution < 1.29 is 4.84 Å². The molecule has 1 saturated carbocycles. The van der Waals surface area contributed by atoms with Crippen LogP contribution in [0.25, 0.3) is 0 Å². The monoisotopic (exact) mass is 181 g/mol. The van der Waals surface area contributed by atoms with Gasteiger partial charge in [-0.3, -0.25) is 0 Å². The van der Waals surface area contributed by atoms with Crippen LogP contribution in [0.1, 0.15) is 40.0 Å². The summed E-state index contributed by atoms with van der Waals surface area (Å²) in [5, 5.41) is 4.13. The normalized spacial score (nSPS) is 38.5. The number of hydrogen-bond donors (Lipinski definition) is 0. The Labute approximate surface area is 80.3 Å². The van der Waals surface area contributed by atoms with Crippen molar-refractivity contribution in [2.24, 2.45) is 22.9 Å². The van der Waals surface area contributed by atoms with Crippen LogP contribution >= 0.6 is 0 Å². The molecule has 2 heteroatoms. The summed E-state index contributed by atoms with van der Waals surface area (Å²) in [5.41, 5.74) is 1.22. The third-order valence-electron chi connectivity index (χ3n) is 3.58. The zero-order valence-corrected chi connectivity index (χ0v) is 8.79. The van der Waals surface area contributed by atoms with E-state index >= 15 is 0 Å². The van der Waals surface area contributed by atoms with Gasteiger partial charge in [0.2, 0.25) is 0 Å². The van der Waals surface area contributed by atoms with Crippen LogP contribution in [0.4, 0.5) is 0 Å². The highest BCUT2D eigenvalue weighted by Crippen LogP contribution is 2.39. The first-order chi connectivity index (χ1) is 6.20. The van der Waals surface area contributed by atoms with Gasteiger partial charge in [-0.05, 0) is 25.7 Å². The van der Waals surface area contributed by atoms with E-state index < -0.39 is 0 Å². The molecule has 1 heterocycles. The van der Waals surface area contributed by atoms with Gasteiger partial charge in [0.05, 0.1) is 5.71 Å². The Hall–Kier alpha value is -0.530. The van der Waals surface area contributed by atoms with Crippen molar-refractivity contribution in [2.45, 2.75) is 46.1 Å². The average Bonchev–Trinajstić information content (AvgIpc) is 2.48. The van der Waals surface area contributed by atoms with E-state index in [1.807, 2.05) is 0 Å². The zero-order chi connectivity index (χ0) is 9.42. The van der Waals surface area contributed by atoms with Gasteiger partial charge in [0.25, 0.3) is 0 Å². The topological polar surface area (TPSA) is 21.6 Å². The molecule has 2 nitrogen and oxygen atoms in total. The zero-order valence-electron chi connectivity index (χ0n) is 8.79. The maximum Gasteiger partial charge on any atom is 0.138 e. The summed E-state index contributed by atoms with van der Waals surface area (Å²) >= 11 is 0. The van der Waals surface area contributed by atoms with Crippen LogP contribution in [0.15, 0.2) is 5.16 Å². The van der Waals surface area contributed by atoms with Crippen molar-refractivity contribution >= 4 is 5.71 Å². The Morgan fingerprint density at radius 1 is 1.38 bits per heavy atom. The van der Waals surface area contributed by atoms with E-state index in [1.54, 1.807) is 0 Å². The molecule has 1 aliphatic heterocycles. The van der Waals surface area contributed by atoms with Gasteiger partial charge < -0.3 is 4.84 Å². The van der Waals surface area contributed by atoms with Crippen LogP contribution < -0.4 is 0 Å². The van der Waals surface area contributed by atoms with Crippen LogP contribution in [-0.4, -0.2) is 11.8 Å². The van der Waals surface area contributed by atoms with E-state index in [0.717, 1.165) is 11.8 Å². The molecule has 0 radical (unpaired) electrons. The van der Waals surface area contributed by atoms with Gasteiger partial charge in [-0.25, -0.2) is 0 Å². The van der Waals surface area contributed by atoms with Crippen molar-refractivity contribution in [1.82, 2.24) is 0 Å². The Kier molecular flexibility index (Phi) is 2.31. The number of oxime groups is 1. The Balaban J connectivity index is 2.10. The summed E-state index contributed by atoms with van der Waals surface area (Å²) in [5.74, 6) is 2.08. The molecule has 13 heavy (non-hydrogen) atoms. The van der Waals surface area contributed by atoms with Crippen molar-refractivity contribution in [2.75, 3.05) is 0 Å². The van der Waals surface area contributed by atoms with Crippen LogP contribution in [0.2, 0.25) is 0 Å². The molecule has 2 aliphatic rings. The van der Waals surface area contributed by atoms with Gasteiger partial charge >= 0.3 is 0 Å². The summed E-state index contributed by atoms with van der Waals surface area (Å²) in [6.45, 7) is 6.70. The van der Waals surface area contributed by atoms with Gasteiger partial charge in [0.1, 0.15) is 6.10 Å². The molecule has 0 bridgehead atoms. The first kappa shape index (κ1) is 9.04. The molecule has 3 unspecified atom stereocenters. The van der Waals surface area contributed by atoms with Gasteiger partial charge in [0, 0.05) is 11.8 Å². The predicted molar refractivity (Wildman–Crippen MR) is 53.7 cm³/mol. The first-order valence-corrected chi connectivity index (χ1v) is 5.40. The van der Waals surface area contributed by atoms with Crippen LogP contribution in [0.5, 0.6) is 0 Å². The predicted octanol–water partition coefficient (Wildman–Crippen LogP) is 2.83. The SMILES string of the molecule is CC1=NOC2C1CCCC2C(C)C. The van der Waals surface area contributed by atoms with Crippen molar-refractivity contribution in [3.8, 4) is 0 Å². The van der Waals surface area contributed by atoms with Gasteiger partial charge in [-0.1, -0.05) is 25.4 Å². The van der Waals surface area contributed by atoms with E-state index in [2.05, 4.69) is 25.9 Å². The van der Waals surface area contributed by atoms with Crippen LogP contribution in [0.3, 0.4) is 0 Å². The summed E-state index contributed by atoms with van der Waals surface area (Å²) in [4.78, 5) is 5.53. The lowest BCUT2D eigenvalue weighted by atomic mass is 9.73. The van der Waals surface area contributed by atoms with E-state index in [0.29, 0.717) is 12.0 Å². The number of nitrogens with zero attached hydrogens (tertiary/aromatic N) is 1. The highest BCUT2D eigenvalue weighted by Gasteiger charge is 2.41. The molecular formula is C11H19NO. The molecule has 0 saturated heterocycles. The van der Waals surface area contributed by atoms with E-state index in [1.165, 1.54) is 25.0 Å².